The van der Waals surface area contributed by atoms with Gasteiger partial charge in [0.15, 0.2) is 6.29 Å². The smallest absolute Gasteiger partial charge is 0.397 e. The molecule has 0 amide bonds. The van der Waals surface area contributed by atoms with Gasteiger partial charge in [0.1, 0.15) is 30.5 Å². The third kappa shape index (κ3) is 28.0. The minimum atomic E-state index is -5.06. The van der Waals surface area contributed by atoms with Crippen LogP contribution in [0, 0.1) is 0 Å². The van der Waals surface area contributed by atoms with Gasteiger partial charge < -0.3 is 34.3 Å². The first-order valence-corrected chi connectivity index (χ1v) is 22.1. The van der Waals surface area contributed by atoms with Gasteiger partial charge in [0.25, 0.3) is 0 Å². The molecule has 322 valence electrons. The molecule has 1 saturated heterocycles. The van der Waals surface area contributed by atoms with Crippen LogP contribution in [0.5, 0.6) is 0 Å². The molecule has 13 heteroatoms. The second-order valence-corrected chi connectivity index (χ2v) is 14.9. The fourth-order valence-corrected chi connectivity index (χ4v) is 6.24. The standard InChI is InChI=1S/C43H72O12S/c1-3-5-7-9-10-11-12-13-14-15-16-17-18-19-20-21-22-23-24-25-26-27-29-31-33-51-35-37(53-39(45)32-30-28-8-6-4-2)36-52-43-41(47)42(55-56(48,49)50)40(46)38(34-44)54-43/h5,7,10-11,13-14,16-17,19-20,22-23,37-38,40-44,46-47H,3-4,6,8-9,12,15,18,21,24-36H2,1-2H3,(H,48,49,50)/b7-5-,11-10-,14-13-,17-16-,20-19-,23-22-. The Morgan fingerprint density at radius 2 is 1.23 bits per heavy atom. The van der Waals surface area contributed by atoms with E-state index in [1.807, 2.05) is 0 Å². The molecule has 12 nitrogen and oxygen atoms in total. The van der Waals surface area contributed by atoms with E-state index in [2.05, 4.69) is 90.9 Å². The molecule has 1 aliphatic rings. The third-order valence-corrected chi connectivity index (χ3v) is 9.31. The highest BCUT2D eigenvalue weighted by Gasteiger charge is 2.48. The molecule has 1 heterocycles. The van der Waals surface area contributed by atoms with Crippen molar-refractivity contribution in [1.82, 2.24) is 0 Å². The van der Waals surface area contributed by atoms with E-state index in [1.54, 1.807) is 0 Å². The maximum absolute atomic E-state index is 12.6. The Kier molecular flexibility index (Phi) is 31.8. The Morgan fingerprint density at radius 1 is 0.696 bits per heavy atom. The molecular formula is C43H72O12S. The second-order valence-electron chi connectivity index (χ2n) is 13.9. The Morgan fingerprint density at radius 3 is 1.80 bits per heavy atom. The number of aliphatic hydroxyl groups excluding tert-OH is 3. The van der Waals surface area contributed by atoms with Crippen molar-refractivity contribution in [1.29, 1.82) is 0 Å². The predicted octanol–water partition coefficient (Wildman–Crippen LogP) is 7.96. The number of carbonyl (C=O) groups excluding carboxylic acids is 1. The van der Waals surface area contributed by atoms with Crippen molar-refractivity contribution in [2.75, 3.05) is 26.4 Å². The summed E-state index contributed by atoms with van der Waals surface area (Å²) in [5.74, 6) is -0.424. The quantitative estimate of drug-likeness (QED) is 0.0214. The summed E-state index contributed by atoms with van der Waals surface area (Å²) in [4.78, 5) is 12.6. The van der Waals surface area contributed by atoms with Crippen molar-refractivity contribution in [3.63, 3.8) is 0 Å². The Bertz CT molecular complexity index is 1260. The average molecular weight is 813 g/mol. The molecule has 0 aromatic carbocycles. The lowest BCUT2D eigenvalue weighted by Gasteiger charge is -2.41. The minimum absolute atomic E-state index is 0.0179. The van der Waals surface area contributed by atoms with Crippen LogP contribution in [0.3, 0.4) is 0 Å². The van der Waals surface area contributed by atoms with E-state index in [4.69, 9.17) is 23.5 Å². The van der Waals surface area contributed by atoms with Crippen LogP contribution in [0.15, 0.2) is 72.9 Å². The highest BCUT2D eigenvalue weighted by atomic mass is 32.3. The summed E-state index contributed by atoms with van der Waals surface area (Å²) in [7, 11) is -5.06. The molecule has 0 bridgehead atoms. The van der Waals surface area contributed by atoms with Gasteiger partial charge in [-0.05, 0) is 64.2 Å². The molecule has 0 radical (unpaired) electrons. The monoisotopic (exact) mass is 812 g/mol. The highest BCUT2D eigenvalue weighted by Crippen LogP contribution is 2.26. The number of hydrogen-bond acceptors (Lipinski definition) is 11. The van der Waals surface area contributed by atoms with Crippen molar-refractivity contribution in [3.8, 4) is 0 Å². The Balaban J connectivity index is 2.33. The second kappa shape index (κ2) is 34.6. The van der Waals surface area contributed by atoms with Gasteiger partial charge in [-0.3, -0.25) is 9.35 Å². The lowest BCUT2D eigenvalue weighted by atomic mass is 9.99. The number of hydrogen-bond donors (Lipinski definition) is 4. The van der Waals surface area contributed by atoms with Crippen molar-refractivity contribution in [2.45, 2.75) is 166 Å². The molecular weight excluding hydrogens is 741 g/mol. The van der Waals surface area contributed by atoms with Crippen LogP contribution < -0.4 is 0 Å². The summed E-state index contributed by atoms with van der Waals surface area (Å²) in [6.07, 6.45) is 34.3. The summed E-state index contributed by atoms with van der Waals surface area (Å²) in [5, 5.41) is 30.4. The van der Waals surface area contributed by atoms with Gasteiger partial charge in [-0.2, -0.15) is 8.42 Å². The summed E-state index contributed by atoms with van der Waals surface area (Å²) in [6.45, 7) is 3.69. The minimum Gasteiger partial charge on any atom is -0.457 e. The van der Waals surface area contributed by atoms with Gasteiger partial charge in [-0.25, -0.2) is 4.18 Å². The highest BCUT2D eigenvalue weighted by molar-refractivity contribution is 7.80. The fraction of sp³-hybridized carbons (Fsp3) is 0.698. The topological polar surface area (TPSA) is 178 Å². The van der Waals surface area contributed by atoms with Gasteiger partial charge >= 0.3 is 16.4 Å². The van der Waals surface area contributed by atoms with Gasteiger partial charge in [0.05, 0.1) is 19.8 Å². The van der Waals surface area contributed by atoms with E-state index in [1.165, 1.54) is 0 Å². The van der Waals surface area contributed by atoms with E-state index in [0.29, 0.717) is 13.0 Å². The number of esters is 1. The SMILES string of the molecule is CC/C=C\C/C=C\C/C=C\C/C=C\C/C=C\C/C=C\CCCCCCCOCC(COC1OC(CO)C(O)C(OS(=O)(=O)O)C1O)OC(=O)CCCCCCC. The van der Waals surface area contributed by atoms with E-state index < -0.39 is 59.8 Å². The van der Waals surface area contributed by atoms with Crippen molar-refractivity contribution in [2.24, 2.45) is 0 Å². The molecule has 1 fully saturated rings. The number of carbonyl (C=O) groups is 1. The van der Waals surface area contributed by atoms with Crippen LogP contribution in [0.4, 0.5) is 0 Å². The number of unbranched alkanes of at least 4 members (excludes halogenated alkanes) is 9. The molecule has 0 aromatic heterocycles. The van der Waals surface area contributed by atoms with Crippen LogP contribution in [0.2, 0.25) is 0 Å². The first kappa shape index (κ1) is 51.6. The fourth-order valence-electron chi connectivity index (χ4n) is 5.73. The Labute approximate surface area is 337 Å². The molecule has 1 aliphatic heterocycles. The summed E-state index contributed by atoms with van der Waals surface area (Å²) >= 11 is 0. The van der Waals surface area contributed by atoms with E-state index in [-0.39, 0.29) is 19.6 Å². The third-order valence-electron chi connectivity index (χ3n) is 8.84. The lowest BCUT2D eigenvalue weighted by molar-refractivity contribution is -0.301. The molecule has 4 N–H and O–H groups in total. The number of ether oxygens (including phenoxy) is 4. The van der Waals surface area contributed by atoms with E-state index in [0.717, 1.165) is 103 Å². The van der Waals surface area contributed by atoms with Crippen molar-refractivity contribution < 1.29 is 56.2 Å². The first-order chi connectivity index (χ1) is 27.1. The molecule has 6 unspecified atom stereocenters. The van der Waals surface area contributed by atoms with Crippen molar-refractivity contribution >= 4 is 16.4 Å². The average Bonchev–Trinajstić information content (AvgIpc) is 3.16. The Hall–Kier alpha value is -2.46. The van der Waals surface area contributed by atoms with Gasteiger partial charge in [-0.1, -0.05) is 132 Å². The lowest BCUT2D eigenvalue weighted by Crippen LogP contribution is -2.60. The zero-order valence-corrected chi connectivity index (χ0v) is 34.7. The first-order valence-electron chi connectivity index (χ1n) is 20.7. The van der Waals surface area contributed by atoms with Crippen LogP contribution in [0.25, 0.3) is 0 Å². The summed E-state index contributed by atoms with van der Waals surface area (Å²) in [5.41, 5.74) is 0. The van der Waals surface area contributed by atoms with Crippen LogP contribution in [-0.4, -0.2) is 97.5 Å². The molecule has 0 spiro atoms. The summed E-state index contributed by atoms with van der Waals surface area (Å²) in [6, 6.07) is 0. The molecule has 0 aromatic rings. The largest absolute Gasteiger partial charge is 0.457 e. The molecule has 0 saturated carbocycles. The van der Waals surface area contributed by atoms with Gasteiger partial charge in [0, 0.05) is 13.0 Å². The van der Waals surface area contributed by atoms with Crippen LogP contribution >= 0.6 is 0 Å². The number of rotatable bonds is 34. The maximum atomic E-state index is 12.6. The summed E-state index contributed by atoms with van der Waals surface area (Å²) < 4.78 is 58.6. The zero-order chi connectivity index (χ0) is 41.1. The molecule has 56 heavy (non-hydrogen) atoms. The van der Waals surface area contributed by atoms with Gasteiger partial charge in [-0.15, -0.1) is 0 Å². The van der Waals surface area contributed by atoms with Crippen LogP contribution in [0.1, 0.15) is 129 Å². The number of aliphatic hydroxyl groups is 3. The predicted molar refractivity (Wildman–Crippen MR) is 220 cm³/mol. The van der Waals surface area contributed by atoms with Crippen LogP contribution in [-0.2, 0) is 38.3 Å². The van der Waals surface area contributed by atoms with Gasteiger partial charge in [0.2, 0.25) is 0 Å². The van der Waals surface area contributed by atoms with E-state index >= 15 is 0 Å². The normalized spacial score (nSPS) is 21.6. The molecule has 0 aliphatic carbocycles. The van der Waals surface area contributed by atoms with Crippen molar-refractivity contribution in [3.05, 3.63) is 72.9 Å². The molecule has 6 atom stereocenters. The number of allylic oxidation sites excluding steroid dienone is 12. The van der Waals surface area contributed by atoms with E-state index in [9.17, 15) is 28.5 Å². The maximum Gasteiger partial charge on any atom is 0.397 e. The zero-order valence-electron chi connectivity index (χ0n) is 33.9. The molecule has 1 rings (SSSR count).